The lowest BCUT2D eigenvalue weighted by molar-refractivity contribution is -0.125. The van der Waals surface area contributed by atoms with Gasteiger partial charge in [0, 0.05) is 19.7 Å². The molecule has 0 aromatic rings. The quantitative estimate of drug-likeness (QED) is 0.534. The summed E-state index contributed by atoms with van der Waals surface area (Å²) >= 11 is 0. The summed E-state index contributed by atoms with van der Waals surface area (Å²) in [5, 5.41) is 6.00. The van der Waals surface area contributed by atoms with Gasteiger partial charge < -0.3 is 15.4 Å². The van der Waals surface area contributed by atoms with Crippen molar-refractivity contribution in [1.82, 2.24) is 10.6 Å². The highest BCUT2D eigenvalue weighted by molar-refractivity contribution is 5.77. The molecule has 0 unspecified atom stereocenters. The van der Waals surface area contributed by atoms with Gasteiger partial charge in [-0.15, -0.1) is 0 Å². The molecule has 0 aliphatic carbocycles. The van der Waals surface area contributed by atoms with Crippen molar-refractivity contribution < 1.29 is 9.53 Å². The van der Waals surface area contributed by atoms with Crippen LogP contribution in [0.3, 0.4) is 0 Å². The van der Waals surface area contributed by atoms with E-state index in [1.54, 1.807) is 0 Å². The van der Waals surface area contributed by atoms with Gasteiger partial charge in [0.2, 0.25) is 5.91 Å². The van der Waals surface area contributed by atoms with E-state index in [1.165, 1.54) is 0 Å². The molecule has 0 saturated heterocycles. The Kier molecular flexibility index (Phi) is 11.0. The molecule has 0 aromatic carbocycles. The van der Waals surface area contributed by atoms with Gasteiger partial charge in [0.25, 0.3) is 0 Å². The highest BCUT2D eigenvalue weighted by atomic mass is 16.5. The predicted molar refractivity (Wildman–Crippen MR) is 61.9 cm³/mol. The molecule has 0 spiro atoms. The van der Waals surface area contributed by atoms with Crippen LogP contribution in [-0.4, -0.2) is 38.8 Å². The lowest BCUT2D eigenvalue weighted by atomic mass is 10.4. The number of ether oxygens (including phenoxy) is 1. The number of hydrogen-bond acceptors (Lipinski definition) is 3. The second kappa shape index (κ2) is 11.5. The molecule has 90 valence electrons. The summed E-state index contributed by atoms with van der Waals surface area (Å²) in [6.45, 7) is 7.59. The van der Waals surface area contributed by atoms with Crippen LogP contribution in [0.2, 0.25) is 0 Å². The van der Waals surface area contributed by atoms with E-state index in [4.69, 9.17) is 4.74 Å². The van der Waals surface area contributed by atoms with Crippen LogP contribution in [0.4, 0.5) is 0 Å². The highest BCUT2D eigenvalue weighted by Crippen LogP contribution is 1.86. The second-order valence-electron chi connectivity index (χ2n) is 3.51. The third-order valence-corrected chi connectivity index (χ3v) is 1.93. The number of rotatable bonds is 10. The summed E-state index contributed by atoms with van der Waals surface area (Å²) < 4.78 is 5.18. The van der Waals surface area contributed by atoms with Crippen molar-refractivity contribution in [2.45, 2.75) is 33.1 Å². The fourth-order valence-corrected chi connectivity index (χ4v) is 1.05. The molecule has 0 radical (unpaired) electrons. The molecule has 0 rings (SSSR count). The Morgan fingerprint density at radius 3 is 2.60 bits per heavy atom. The maximum Gasteiger partial charge on any atom is 0.246 e. The first kappa shape index (κ1) is 14.4. The lowest BCUT2D eigenvalue weighted by Crippen LogP contribution is -2.34. The molecule has 0 atom stereocenters. The Balaban J connectivity index is 3.11. The number of nitrogens with one attached hydrogen (secondary N) is 2. The number of carbonyl (C=O) groups is 1. The Morgan fingerprint density at radius 2 is 1.93 bits per heavy atom. The average Bonchev–Trinajstić information content (AvgIpc) is 2.24. The van der Waals surface area contributed by atoms with E-state index in [9.17, 15) is 4.79 Å². The zero-order chi connectivity index (χ0) is 11.4. The number of unbranched alkanes of at least 4 members (excludes halogenated alkanes) is 1. The van der Waals surface area contributed by atoms with Crippen LogP contribution in [0.1, 0.15) is 33.1 Å². The second-order valence-corrected chi connectivity index (χ2v) is 3.51. The SMILES string of the molecule is CCCCOCC(=O)NCCNCCC. The minimum absolute atomic E-state index is 0.0237. The molecule has 0 aromatic heterocycles. The van der Waals surface area contributed by atoms with Gasteiger partial charge in [-0.3, -0.25) is 4.79 Å². The van der Waals surface area contributed by atoms with E-state index in [2.05, 4.69) is 24.5 Å². The van der Waals surface area contributed by atoms with Crippen LogP contribution in [-0.2, 0) is 9.53 Å². The zero-order valence-electron chi connectivity index (χ0n) is 9.97. The minimum atomic E-state index is -0.0237. The summed E-state index contributed by atoms with van der Waals surface area (Å²) in [6, 6.07) is 0. The molecule has 4 nitrogen and oxygen atoms in total. The topological polar surface area (TPSA) is 50.4 Å². The van der Waals surface area contributed by atoms with Crippen molar-refractivity contribution in [2.24, 2.45) is 0 Å². The van der Waals surface area contributed by atoms with Gasteiger partial charge in [0.05, 0.1) is 0 Å². The van der Waals surface area contributed by atoms with Crippen LogP contribution in [0.15, 0.2) is 0 Å². The zero-order valence-corrected chi connectivity index (χ0v) is 9.97. The Morgan fingerprint density at radius 1 is 1.13 bits per heavy atom. The Labute approximate surface area is 92.8 Å². The van der Waals surface area contributed by atoms with Gasteiger partial charge in [-0.2, -0.15) is 0 Å². The van der Waals surface area contributed by atoms with E-state index in [0.29, 0.717) is 13.2 Å². The van der Waals surface area contributed by atoms with Crippen molar-refractivity contribution in [3.05, 3.63) is 0 Å². The molecule has 0 fully saturated rings. The standard InChI is InChI=1S/C11H24N2O2/c1-3-5-9-15-10-11(14)13-8-7-12-6-4-2/h12H,3-10H2,1-2H3,(H,13,14). The molecular formula is C11H24N2O2. The molecule has 15 heavy (non-hydrogen) atoms. The maximum atomic E-state index is 11.2. The largest absolute Gasteiger partial charge is 0.372 e. The minimum Gasteiger partial charge on any atom is -0.372 e. The van der Waals surface area contributed by atoms with Gasteiger partial charge in [0.1, 0.15) is 6.61 Å². The summed E-state index contributed by atoms with van der Waals surface area (Å²) in [5.41, 5.74) is 0. The molecule has 0 heterocycles. The van der Waals surface area contributed by atoms with Gasteiger partial charge in [0.15, 0.2) is 0 Å². The highest BCUT2D eigenvalue weighted by Gasteiger charge is 1.99. The monoisotopic (exact) mass is 216 g/mol. The fraction of sp³-hybridized carbons (Fsp3) is 0.909. The first-order valence-corrected chi connectivity index (χ1v) is 5.86. The molecule has 2 N–H and O–H groups in total. The van der Waals surface area contributed by atoms with Crippen molar-refractivity contribution >= 4 is 5.91 Å². The van der Waals surface area contributed by atoms with Crippen LogP contribution < -0.4 is 10.6 Å². The molecule has 0 aliphatic rings. The molecule has 0 aliphatic heterocycles. The third-order valence-electron chi connectivity index (χ3n) is 1.93. The summed E-state index contributed by atoms with van der Waals surface area (Å²) in [6.07, 6.45) is 3.24. The summed E-state index contributed by atoms with van der Waals surface area (Å²) in [4.78, 5) is 11.2. The van der Waals surface area contributed by atoms with Crippen LogP contribution in [0, 0.1) is 0 Å². The van der Waals surface area contributed by atoms with Crippen LogP contribution in [0.5, 0.6) is 0 Å². The van der Waals surface area contributed by atoms with Crippen molar-refractivity contribution in [3.8, 4) is 0 Å². The number of hydrogen-bond donors (Lipinski definition) is 2. The molecule has 0 saturated carbocycles. The van der Waals surface area contributed by atoms with Crippen LogP contribution in [0.25, 0.3) is 0 Å². The summed E-state index contributed by atoms with van der Waals surface area (Å²) in [7, 11) is 0. The maximum absolute atomic E-state index is 11.2. The smallest absolute Gasteiger partial charge is 0.246 e. The van der Waals surface area contributed by atoms with Gasteiger partial charge in [-0.25, -0.2) is 0 Å². The van der Waals surface area contributed by atoms with Crippen molar-refractivity contribution in [3.63, 3.8) is 0 Å². The Bertz CT molecular complexity index is 152. The average molecular weight is 216 g/mol. The van der Waals surface area contributed by atoms with Crippen molar-refractivity contribution in [2.75, 3.05) is 32.8 Å². The fourth-order valence-electron chi connectivity index (χ4n) is 1.05. The van der Waals surface area contributed by atoms with E-state index < -0.39 is 0 Å². The van der Waals surface area contributed by atoms with E-state index in [-0.39, 0.29) is 12.5 Å². The van der Waals surface area contributed by atoms with Crippen molar-refractivity contribution in [1.29, 1.82) is 0 Å². The first-order chi connectivity index (χ1) is 7.31. The Hall–Kier alpha value is -0.610. The van der Waals surface area contributed by atoms with Gasteiger partial charge >= 0.3 is 0 Å². The van der Waals surface area contributed by atoms with Crippen LogP contribution >= 0.6 is 0 Å². The van der Waals surface area contributed by atoms with Gasteiger partial charge in [-0.1, -0.05) is 20.3 Å². The number of carbonyl (C=O) groups excluding carboxylic acids is 1. The van der Waals surface area contributed by atoms with E-state index in [1.807, 2.05) is 0 Å². The third kappa shape index (κ3) is 11.3. The predicted octanol–water partition coefficient (Wildman–Crippen LogP) is 0.919. The van der Waals surface area contributed by atoms with Gasteiger partial charge in [-0.05, 0) is 19.4 Å². The van der Waals surface area contributed by atoms with E-state index >= 15 is 0 Å². The normalized spacial score (nSPS) is 10.3. The molecule has 1 amide bonds. The lowest BCUT2D eigenvalue weighted by Gasteiger charge is -2.06. The molecule has 4 heteroatoms. The first-order valence-electron chi connectivity index (χ1n) is 5.86. The molecule has 0 bridgehead atoms. The van der Waals surface area contributed by atoms with E-state index in [0.717, 1.165) is 32.4 Å². The molecular weight excluding hydrogens is 192 g/mol. The summed E-state index contributed by atoms with van der Waals surface area (Å²) in [5.74, 6) is -0.0237. The number of amides is 1.